The van der Waals surface area contributed by atoms with Crippen LogP contribution in [0.5, 0.6) is 0 Å². The van der Waals surface area contributed by atoms with Crippen LogP contribution in [-0.4, -0.2) is 25.8 Å². The average Bonchev–Trinajstić information content (AvgIpc) is 2.96. The number of anilines is 1. The molecule has 1 N–H and O–H groups in total. The molecule has 0 aliphatic rings. The first-order valence-corrected chi connectivity index (χ1v) is 5.05. The van der Waals surface area contributed by atoms with Crippen molar-refractivity contribution in [2.75, 3.05) is 5.32 Å². The number of hydrogen-bond acceptors (Lipinski definition) is 6. The molecule has 9 nitrogen and oxygen atoms in total. The zero-order valence-corrected chi connectivity index (χ0v) is 9.36. The highest BCUT2D eigenvalue weighted by molar-refractivity contribution is 6.04. The molecule has 0 unspecified atom stereocenters. The van der Waals surface area contributed by atoms with Gasteiger partial charge < -0.3 is 9.84 Å². The van der Waals surface area contributed by atoms with Crippen molar-refractivity contribution >= 4 is 17.4 Å². The molecular weight excluding hydrogens is 242 g/mol. The van der Waals surface area contributed by atoms with E-state index < -0.39 is 10.8 Å². The zero-order valence-electron chi connectivity index (χ0n) is 9.36. The maximum atomic E-state index is 11.8. The van der Waals surface area contributed by atoms with Crippen molar-refractivity contribution in [3.63, 3.8) is 0 Å². The second kappa shape index (κ2) is 4.65. The fraction of sp³-hybridized carbons (Fsp3) is 0.222. The highest BCUT2D eigenvalue weighted by atomic mass is 16.6. The van der Waals surface area contributed by atoms with Crippen LogP contribution in [0.1, 0.15) is 17.4 Å². The van der Waals surface area contributed by atoms with E-state index in [-0.39, 0.29) is 17.2 Å². The van der Waals surface area contributed by atoms with Gasteiger partial charge in [0.15, 0.2) is 5.82 Å². The molecule has 2 rings (SSSR count). The van der Waals surface area contributed by atoms with E-state index in [1.807, 2.05) is 0 Å². The number of amides is 1. The van der Waals surface area contributed by atoms with Crippen LogP contribution in [0.25, 0.3) is 0 Å². The predicted octanol–water partition coefficient (Wildman–Crippen LogP) is 1.05. The van der Waals surface area contributed by atoms with Crippen LogP contribution in [0, 0.1) is 10.1 Å². The lowest BCUT2D eigenvalue weighted by Gasteiger charge is -1.96. The molecule has 0 spiro atoms. The lowest BCUT2D eigenvalue weighted by Crippen LogP contribution is -2.14. The van der Waals surface area contributed by atoms with Crippen LogP contribution in [0.15, 0.2) is 23.0 Å². The highest BCUT2D eigenvalue weighted by Crippen LogP contribution is 2.17. The number of aryl methyl sites for hydroxylation is 1. The first-order valence-electron chi connectivity index (χ1n) is 5.05. The SMILES string of the molecule is CCn1cc([N+](=O)[O-])c(C(=O)Nc2ccon2)n1. The van der Waals surface area contributed by atoms with Crippen molar-refractivity contribution in [1.82, 2.24) is 14.9 Å². The number of hydrogen-bond donors (Lipinski definition) is 1. The van der Waals surface area contributed by atoms with E-state index in [4.69, 9.17) is 0 Å². The van der Waals surface area contributed by atoms with Crippen LogP contribution in [0.4, 0.5) is 11.5 Å². The maximum Gasteiger partial charge on any atom is 0.320 e. The van der Waals surface area contributed by atoms with E-state index in [1.54, 1.807) is 6.92 Å². The molecule has 0 bridgehead atoms. The molecule has 9 heteroatoms. The van der Waals surface area contributed by atoms with E-state index in [0.29, 0.717) is 6.54 Å². The number of carbonyl (C=O) groups excluding carboxylic acids is 1. The quantitative estimate of drug-likeness (QED) is 0.641. The summed E-state index contributed by atoms with van der Waals surface area (Å²) >= 11 is 0. The second-order valence-corrected chi connectivity index (χ2v) is 3.31. The summed E-state index contributed by atoms with van der Waals surface area (Å²) in [6.45, 7) is 2.19. The molecule has 94 valence electrons. The molecule has 18 heavy (non-hydrogen) atoms. The van der Waals surface area contributed by atoms with Gasteiger partial charge in [-0.1, -0.05) is 5.16 Å². The van der Waals surface area contributed by atoms with Crippen molar-refractivity contribution in [1.29, 1.82) is 0 Å². The topological polar surface area (TPSA) is 116 Å². The molecule has 0 saturated heterocycles. The van der Waals surface area contributed by atoms with Gasteiger partial charge in [-0.25, -0.2) is 0 Å². The standard InChI is InChI=1S/C9H9N5O4/c1-2-13-5-6(14(16)17)8(11-13)9(15)10-7-3-4-18-12-7/h3-5H,2H2,1H3,(H,10,12,15). The Morgan fingerprint density at radius 3 is 3.00 bits per heavy atom. The molecule has 0 aromatic carbocycles. The van der Waals surface area contributed by atoms with E-state index in [9.17, 15) is 14.9 Å². The van der Waals surface area contributed by atoms with Crippen LogP contribution >= 0.6 is 0 Å². The van der Waals surface area contributed by atoms with Gasteiger partial charge >= 0.3 is 5.69 Å². The van der Waals surface area contributed by atoms with E-state index in [2.05, 4.69) is 20.1 Å². The van der Waals surface area contributed by atoms with Crippen LogP contribution in [-0.2, 0) is 6.54 Å². The lowest BCUT2D eigenvalue weighted by atomic mass is 10.3. The molecule has 0 fully saturated rings. The van der Waals surface area contributed by atoms with E-state index in [1.165, 1.54) is 23.2 Å². The number of aromatic nitrogens is 3. The summed E-state index contributed by atoms with van der Waals surface area (Å²) < 4.78 is 5.85. The van der Waals surface area contributed by atoms with E-state index in [0.717, 1.165) is 0 Å². The van der Waals surface area contributed by atoms with Gasteiger partial charge in [-0.3, -0.25) is 19.6 Å². The summed E-state index contributed by atoms with van der Waals surface area (Å²) in [5.41, 5.74) is -0.609. The Hall–Kier alpha value is -2.71. The average molecular weight is 251 g/mol. The molecule has 1 amide bonds. The van der Waals surface area contributed by atoms with Gasteiger partial charge in [-0.05, 0) is 6.92 Å². The van der Waals surface area contributed by atoms with Crippen LogP contribution < -0.4 is 5.32 Å². The zero-order chi connectivity index (χ0) is 13.1. The minimum absolute atomic E-state index is 0.167. The molecule has 0 aliphatic heterocycles. The smallest absolute Gasteiger partial charge is 0.320 e. The molecule has 0 saturated carbocycles. The number of nitro groups is 1. The van der Waals surface area contributed by atoms with Gasteiger partial charge in [0.05, 0.1) is 4.92 Å². The van der Waals surface area contributed by atoms with Crippen molar-refractivity contribution in [3.05, 3.63) is 34.3 Å². The summed E-state index contributed by atoms with van der Waals surface area (Å²) in [6.07, 6.45) is 2.48. The van der Waals surface area contributed by atoms with E-state index >= 15 is 0 Å². The third kappa shape index (κ3) is 2.19. The van der Waals surface area contributed by atoms with Gasteiger partial charge in [-0.15, -0.1) is 0 Å². The van der Waals surface area contributed by atoms with Crippen molar-refractivity contribution in [2.45, 2.75) is 13.5 Å². The summed E-state index contributed by atoms with van der Waals surface area (Å²) in [7, 11) is 0. The van der Waals surface area contributed by atoms with Crippen molar-refractivity contribution < 1.29 is 14.2 Å². The van der Waals surface area contributed by atoms with Crippen LogP contribution in [0.3, 0.4) is 0 Å². The molecule has 2 heterocycles. The molecule has 2 aromatic heterocycles. The van der Waals surface area contributed by atoms with Crippen LogP contribution in [0.2, 0.25) is 0 Å². The Morgan fingerprint density at radius 1 is 1.67 bits per heavy atom. The summed E-state index contributed by atoms with van der Waals surface area (Å²) in [5, 5.41) is 20.4. The predicted molar refractivity (Wildman–Crippen MR) is 59.0 cm³/mol. The molecular formula is C9H9N5O4. The first-order chi connectivity index (χ1) is 8.61. The van der Waals surface area contributed by atoms with Gasteiger partial charge in [-0.2, -0.15) is 5.10 Å². The Morgan fingerprint density at radius 2 is 2.44 bits per heavy atom. The summed E-state index contributed by atoms with van der Waals surface area (Å²) in [6, 6.07) is 1.42. The van der Waals surface area contributed by atoms with Gasteiger partial charge in [0.25, 0.3) is 5.91 Å². The first kappa shape index (κ1) is 11.8. The third-order valence-corrected chi connectivity index (χ3v) is 2.16. The summed E-state index contributed by atoms with van der Waals surface area (Å²) in [5.74, 6) is -0.539. The normalized spacial score (nSPS) is 10.3. The minimum atomic E-state index is -0.706. The number of carbonyl (C=O) groups is 1. The lowest BCUT2D eigenvalue weighted by molar-refractivity contribution is -0.385. The minimum Gasteiger partial charge on any atom is -0.363 e. The van der Waals surface area contributed by atoms with Crippen molar-refractivity contribution in [2.24, 2.45) is 0 Å². The largest absolute Gasteiger partial charge is 0.363 e. The number of nitrogens with zero attached hydrogens (tertiary/aromatic N) is 4. The van der Waals surface area contributed by atoms with Crippen molar-refractivity contribution in [3.8, 4) is 0 Å². The van der Waals surface area contributed by atoms with Gasteiger partial charge in [0.1, 0.15) is 12.5 Å². The summed E-state index contributed by atoms with van der Waals surface area (Å²) in [4.78, 5) is 21.9. The molecule has 0 radical (unpaired) electrons. The molecule has 2 aromatic rings. The maximum absolute atomic E-state index is 11.8. The third-order valence-electron chi connectivity index (χ3n) is 2.16. The monoisotopic (exact) mass is 251 g/mol. The number of rotatable bonds is 4. The number of nitrogens with one attached hydrogen (secondary N) is 1. The second-order valence-electron chi connectivity index (χ2n) is 3.31. The Balaban J connectivity index is 2.29. The van der Waals surface area contributed by atoms with Gasteiger partial charge in [0, 0.05) is 12.6 Å². The fourth-order valence-electron chi connectivity index (χ4n) is 1.32. The Labute approximate surface area is 101 Å². The molecule has 0 aliphatic carbocycles. The molecule has 0 atom stereocenters. The Bertz CT molecular complexity index is 574. The fourth-order valence-corrected chi connectivity index (χ4v) is 1.32. The van der Waals surface area contributed by atoms with Gasteiger partial charge in [0.2, 0.25) is 5.69 Å². The Kier molecular flexibility index (Phi) is 3.04. The highest BCUT2D eigenvalue weighted by Gasteiger charge is 2.25.